The van der Waals surface area contributed by atoms with Crippen LogP contribution in [0.1, 0.15) is 60.3 Å². The molecule has 2 heteroatoms. The first-order valence-corrected chi connectivity index (χ1v) is 8.98. The van der Waals surface area contributed by atoms with Gasteiger partial charge in [-0.15, -0.1) is 0 Å². The number of nitrogens with one attached hydrogen (secondary N) is 1. The van der Waals surface area contributed by atoms with E-state index >= 15 is 0 Å². The van der Waals surface area contributed by atoms with Crippen molar-refractivity contribution in [3.63, 3.8) is 0 Å². The zero-order chi connectivity index (χ0) is 14.7. The van der Waals surface area contributed by atoms with E-state index in [9.17, 15) is 0 Å². The van der Waals surface area contributed by atoms with Gasteiger partial charge in [-0.05, 0) is 62.8 Å². The van der Waals surface area contributed by atoms with Crippen LogP contribution < -0.4 is 5.32 Å². The topological polar surface area (TPSA) is 15.3 Å². The molecule has 6 unspecified atom stereocenters. The normalized spacial score (nSPS) is 43.6. The SMILES string of the molecule is CCNC1CCC(C)CC1CN1CC(C)CC(C)C1C. The summed E-state index contributed by atoms with van der Waals surface area (Å²) < 4.78 is 0. The van der Waals surface area contributed by atoms with Crippen LogP contribution in [0.2, 0.25) is 0 Å². The molecule has 0 aromatic heterocycles. The maximum absolute atomic E-state index is 3.76. The van der Waals surface area contributed by atoms with Gasteiger partial charge < -0.3 is 5.32 Å². The van der Waals surface area contributed by atoms with Gasteiger partial charge in [0.25, 0.3) is 0 Å². The summed E-state index contributed by atoms with van der Waals surface area (Å²) in [5.41, 5.74) is 0. The molecule has 0 amide bonds. The highest BCUT2D eigenvalue weighted by Crippen LogP contribution is 2.33. The van der Waals surface area contributed by atoms with Gasteiger partial charge in [-0.1, -0.05) is 27.7 Å². The van der Waals surface area contributed by atoms with Crippen LogP contribution in [0.3, 0.4) is 0 Å². The molecule has 20 heavy (non-hydrogen) atoms. The van der Waals surface area contributed by atoms with Crippen molar-refractivity contribution in [1.29, 1.82) is 0 Å². The third-order valence-electron chi connectivity index (χ3n) is 5.90. The molecule has 6 atom stereocenters. The Kier molecular flexibility index (Phi) is 5.92. The summed E-state index contributed by atoms with van der Waals surface area (Å²) in [7, 11) is 0. The van der Waals surface area contributed by atoms with Crippen molar-refractivity contribution in [3.05, 3.63) is 0 Å². The Morgan fingerprint density at radius 2 is 1.75 bits per heavy atom. The average molecular weight is 280 g/mol. The van der Waals surface area contributed by atoms with Gasteiger partial charge in [0.15, 0.2) is 0 Å². The first-order valence-electron chi connectivity index (χ1n) is 8.98. The van der Waals surface area contributed by atoms with Gasteiger partial charge in [-0.25, -0.2) is 0 Å². The molecule has 0 aromatic carbocycles. The van der Waals surface area contributed by atoms with Crippen LogP contribution in [0.25, 0.3) is 0 Å². The summed E-state index contributed by atoms with van der Waals surface area (Å²) in [6.07, 6.45) is 5.63. The third-order valence-corrected chi connectivity index (χ3v) is 5.90. The summed E-state index contributed by atoms with van der Waals surface area (Å²) in [5, 5.41) is 3.76. The lowest BCUT2D eigenvalue weighted by Gasteiger charge is -2.45. The number of likely N-dealkylation sites (tertiary alicyclic amines) is 1. The molecule has 2 nitrogen and oxygen atoms in total. The van der Waals surface area contributed by atoms with Gasteiger partial charge in [0, 0.05) is 25.2 Å². The van der Waals surface area contributed by atoms with Crippen molar-refractivity contribution >= 4 is 0 Å². The zero-order valence-electron chi connectivity index (χ0n) is 14.4. The molecule has 1 saturated carbocycles. The van der Waals surface area contributed by atoms with Crippen molar-refractivity contribution in [2.75, 3.05) is 19.6 Å². The minimum Gasteiger partial charge on any atom is -0.314 e. The minimum atomic E-state index is 0.760. The van der Waals surface area contributed by atoms with Crippen LogP contribution >= 0.6 is 0 Å². The molecular weight excluding hydrogens is 244 g/mol. The van der Waals surface area contributed by atoms with Gasteiger partial charge in [0.1, 0.15) is 0 Å². The molecule has 1 N–H and O–H groups in total. The van der Waals surface area contributed by atoms with Gasteiger partial charge in [-0.3, -0.25) is 4.90 Å². The summed E-state index contributed by atoms with van der Waals surface area (Å²) in [4.78, 5) is 2.80. The Balaban J connectivity index is 1.97. The van der Waals surface area contributed by atoms with E-state index in [4.69, 9.17) is 0 Å². The van der Waals surface area contributed by atoms with E-state index in [0.717, 1.165) is 42.3 Å². The zero-order valence-corrected chi connectivity index (χ0v) is 14.4. The smallest absolute Gasteiger partial charge is 0.0108 e. The van der Waals surface area contributed by atoms with E-state index in [2.05, 4.69) is 44.8 Å². The molecule has 2 fully saturated rings. The van der Waals surface area contributed by atoms with Gasteiger partial charge in [0.05, 0.1) is 0 Å². The molecule has 2 aliphatic rings. The highest BCUT2D eigenvalue weighted by molar-refractivity contribution is 4.89. The van der Waals surface area contributed by atoms with E-state index in [0.29, 0.717) is 0 Å². The van der Waals surface area contributed by atoms with Crippen LogP contribution in [0, 0.1) is 23.7 Å². The van der Waals surface area contributed by atoms with Crippen LogP contribution in [0.4, 0.5) is 0 Å². The van der Waals surface area contributed by atoms with Crippen LogP contribution in [-0.2, 0) is 0 Å². The summed E-state index contributed by atoms with van der Waals surface area (Å²) in [5.74, 6) is 3.51. The van der Waals surface area contributed by atoms with Crippen LogP contribution in [0.5, 0.6) is 0 Å². The largest absolute Gasteiger partial charge is 0.314 e. The Labute approximate surface area is 126 Å². The van der Waals surface area contributed by atoms with E-state index < -0.39 is 0 Å². The molecule has 0 radical (unpaired) electrons. The molecule has 2 rings (SSSR count). The van der Waals surface area contributed by atoms with Crippen molar-refractivity contribution in [1.82, 2.24) is 10.2 Å². The maximum Gasteiger partial charge on any atom is 0.0108 e. The summed E-state index contributed by atoms with van der Waals surface area (Å²) >= 11 is 0. The van der Waals surface area contributed by atoms with Gasteiger partial charge >= 0.3 is 0 Å². The highest BCUT2D eigenvalue weighted by atomic mass is 15.2. The predicted octanol–water partition coefficient (Wildman–Crippen LogP) is 3.77. The number of rotatable bonds is 4. The minimum absolute atomic E-state index is 0.760. The van der Waals surface area contributed by atoms with E-state index in [-0.39, 0.29) is 0 Å². The number of nitrogens with zero attached hydrogens (tertiary/aromatic N) is 1. The number of hydrogen-bond donors (Lipinski definition) is 1. The predicted molar refractivity (Wildman–Crippen MR) is 87.9 cm³/mol. The first kappa shape index (κ1) is 16.3. The second-order valence-electron chi connectivity index (χ2n) is 7.86. The van der Waals surface area contributed by atoms with Gasteiger partial charge in [0.2, 0.25) is 0 Å². The molecule has 0 bridgehead atoms. The van der Waals surface area contributed by atoms with Crippen LogP contribution in [-0.4, -0.2) is 36.6 Å². The average Bonchev–Trinajstić information content (AvgIpc) is 2.38. The van der Waals surface area contributed by atoms with Crippen molar-refractivity contribution < 1.29 is 0 Å². The quantitative estimate of drug-likeness (QED) is 0.843. The Morgan fingerprint density at radius 1 is 1.00 bits per heavy atom. The van der Waals surface area contributed by atoms with Crippen molar-refractivity contribution in [2.24, 2.45) is 23.7 Å². The lowest BCUT2D eigenvalue weighted by Crippen LogP contribution is -2.52. The van der Waals surface area contributed by atoms with E-state index in [1.165, 1.54) is 38.8 Å². The van der Waals surface area contributed by atoms with Gasteiger partial charge in [-0.2, -0.15) is 0 Å². The standard InChI is InChI=1S/C18H36N2/c1-6-19-18-8-7-13(2)10-17(18)12-20-11-14(3)9-15(4)16(20)5/h13-19H,6-12H2,1-5H3. The fraction of sp³-hybridized carbons (Fsp3) is 1.00. The third kappa shape index (κ3) is 3.98. The summed E-state index contributed by atoms with van der Waals surface area (Å²) in [6.45, 7) is 15.8. The molecule has 1 aliphatic heterocycles. The van der Waals surface area contributed by atoms with E-state index in [1.807, 2.05) is 0 Å². The second-order valence-corrected chi connectivity index (χ2v) is 7.86. The van der Waals surface area contributed by atoms with Crippen LogP contribution in [0.15, 0.2) is 0 Å². The highest BCUT2D eigenvalue weighted by Gasteiger charge is 2.34. The maximum atomic E-state index is 3.76. The molecule has 0 spiro atoms. The first-order chi connectivity index (χ1) is 9.51. The Bertz CT molecular complexity index is 291. The monoisotopic (exact) mass is 280 g/mol. The number of hydrogen-bond acceptors (Lipinski definition) is 2. The number of piperidine rings is 1. The molecule has 1 heterocycles. The van der Waals surface area contributed by atoms with Crippen molar-refractivity contribution in [2.45, 2.75) is 72.4 Å². The van der Waals surface area contributed by atoms with Crippen molar-refractivity contribution in [3.8, 4) is 0 Å². The molecule has 1 aliphatic carbocycles. The molecule has 0 aromatic rings. The molecule has 1 saturated heterocycles. The molecular formula is C18H36N2. The molecule has 118 valence electrons. The Hall–Kier alpha value is -0.0800. The fourth-order valence-corrected chi connectivity index (χ4v) is 4.61. The fourth-order valence-electron chi connectivity index (χ4n) is 4.61. The Morgan fingerprint density at radius 3 is 2.45 bits per heavy atom. The lowest BCUT2D eigenvalue weighted by atomic mass is 9.77. The van der Waals surface area contributed by atoms with E-state index in [1.54, 1.807) is 0 Å². The summed E-state index contributed by atoms with van der Waals surface area (Å²) in [6, 6.07) is 1.53. The lowest BCUT2D eigenvalue weighted by molar-refractivity contribution is 0.0457. The second kappa shape index (κ2) is 7.26.